The van der Waals surface area contributed by atoms with Crippen LogP contribution in [0.25, 0.3) is 23.0 Å². The molecular weight excluding hydrogens is 284 g/mol. The van der Waals surface area contributed by atoms with Gasteiger partial charge in [0.2, 0.25) is 5.82 Å². The summed E-state index contributed by atoms with van der Waals surface area (Å²) in [5.74, 6) is 1.95. The third-order valence-electron chi connectivity index (χ3n) is 2.89. The lowest BCUT2D eigenvalue weighted by molar-refractivity contribution is 0.431. The number of nitrogens with one attached hydrogen (secondary N) is 1. The first-order valence-corrected chi connectivity index (χ1v) is 7.44. The monoisotopic (exact) mass is 296 g/mol. The van der Waals surface area contributed by atoms with Crippen LogP contribution in [-0.2, 0) is 0 Å². The molecule has 2 aromatic heterocycles. The summed E-state index contributed by atoms with van der Waals surface area (Å²) < 4.78 is 5.23. The Morgan fingerprint density at radius 2 is 2.14 bits per heavy atom. The van der Waals surface area contributed by atoms with Crippen molar-refractivity contribution in [2.24, 2.45) is 0 Å². The van der Waals surface area contributed by atoms with Gasteiger partial charge < -0.3 is 9.51 Å². The van der Waals surface area contributed by atoms with Crippen molar-refractivity contribution in [1.29, 1.82) is 5.26 Å². The maximum Gasteiger partial charge on any atom is 0.274 e. The van der Waals surface area contributed by atoms with E-state index in [4.69, 9.17) is 9.78 Å². The smallest absolute Gasteiger partial charge is 0.274 e. The largest absolute Gasteiger partial charge is 0.356 e. The Morgan fingerprint density at radius 3 is 2.81 bits per heavy atom. The number of hydrogen-bond acceptors (Lipinski definition) is 5. The summed E-state index contributed by atoms with van der Waals surface area (Å²) in [5.41, 5.74) is 2.08. The number of hydrogen-bond donors (Lipinski definition) is 1. The molecule has 2 heterocycles. The minimum Gasteiger partial charge on any atom is -0.356 e. The van der Waals surface area contributed by atoms with Crippen LogP contribution in [0, 0.1) is 11.3 Å². The fourth-order valence-electron chi connectivity index (χ4n) is 1.90. The topological polar surface area (TPSA) is 78.5 Å². The number of thioether (sulfide) groups is 1. The average molecular weight is 296 g/mol. The van der Waals surface area contributed by atoms with E-state index in [1.807, 2.05) is 24.3 Å². The highest BCUT2D eigenvalue weighted by Crippen LogP contribution is 2.24. The summed E-state index contributed by atoms with van der Waals surface area (Å²) in [6.45, 7) is 2.12. The fourth-order valence-corrected chi connectivity index (χ4v) is 2.56. The average Bonchev–Trinajstić information content (AvgIpc) is 3.17. The SMILES string of the molecule is CCSc1ccc(-c2noc(-c3cc(C#N)c[nH]3)n2)cc1. The van der Waals surface area contributed by atoms with Crippen LogP contribution in [0.3, 0.4) is 0 Å². The van der Waals surface area contributed by atoms with Gasteiger partial charge in [-0.3, -0.25) is 0 Å². The lowest BCUT2D eigenvalue weighted by Crippen LogP contribution is -1.82. The van der Waals surface area contributed by atoms with Gasteiger partial charge in [0.05, 0.1) is 5.56 Å². The Labute approximate surface area is 126 Å². The third-order valence-corrected chi connectivity index (χ3v) is 3.79. The molecule has 1 aromatic carbocycles. The van der Waals surface area contributed by atoms with Crippen molar-refractivity contribution < 1.29 is 4.52 Å². The molecule has 0 spiro atoms. The number of H-pyrrole nitrogens is 1. The summed E-state index contributed by atoms with van der Waals surface area (Å²) >= 11 is 1.79. The lowest BCUT2D eigenvalue weighted by Gasteiger charge is -1.98. The minimum atomic E-state index is 0.374. The number of aromatic amines is 1. The summed E-state index contributed by atoms with van der Waals surface area (Å²) in [6.07, 6.45) is 1.61. The maximum absolute atomic E-state index is 8.81. The number of aromatic nitrogens is 3. The van der Waals surface area contributed by atoms with Crippen LogP contribution in [-0.4, -0.2) is 20.9 Å². The van der Waals surface area contributed by atoms with E-state index in [0.717, 1.165) is 11.3 Å². The van der Waals surface area contributed by atoms with Gasteiger partial charge in [0.15, 0.2) is 0 Å². The molecule has 1 N–H and O–H groups in total. The van der Waals surface area contributed by atoms with E-state index >= 15 is 0 Å². The zero-order chi connectivity index (χ0) is 14.7. The molecule has 104 valence electrons. The van der Waals surface area contributed by atoms with E-state index in [1.165, 1.54) is 4.90 Å². The summed E-state index contributed by atoms with van der Waals surface area (Å²) in [6, 6.07) is 11.8. The molecule has 0 aliphatic rings. The second-order valence-electron chi connectivity index (χ2n) is 4.29. The van der Waals surface area contributed by atoms with Crippen LogP contribution < -0.4 is 0 Å². The summed E-state index contributed by atoms with van der Waals surface area (Å²) in [4.78, 5) is 8.51. The molecule has 21 heavy (non-hydrogen) atoms. The molecule has 0 aliphatic carbocycles. The first-order valence-electron chi connectivity index (χ1n) is 6.46. The minimum absolute atomic E-state index is 0.374. The van der Waals surface area contributed by atoms with Crippen molar-refractivity contribution in [3.63, 3.8) is 0 Å². The quantitative estimate of drug-likeness (QED) is 0.742. The molecular formula is C15H12N4OS. The zero-order valence-electron chi connectivity index (χ0n) is 11.3. The Hall–Kier alpha value is -2.52. The van der Waals surface area contributed by atoms with E-state index in [0.29, 0.717) is 23.0 Å². The Kier molecular flexibility index (Phi) is 3.75. The highest BCUT2D eigenvalue weighted by Gasteiger charge is 2.12. The zero-order valence-corrected chi connectivity index (χ0v) is 12.1. The molecule has 0 aliphatic heterocycles. The highest BCUT2D eigenvalue weighted by molar-refractivity contribution is 7.99. The molecule has 0 fully saturated rings. The van der Waals surface area contributed by atoms with E-state index in [-0.39, 0.29) is 0 Å². The lowest BCUT2D eigenvalue weighted by atomic mass is 10.2. The first kappa shape index (κ1) is 13.5. The second-order valence-corrected chi connectivity index (χ2v) is 5.63. The number of benzene rings is 1. The van der Waals surface area contributed by atoms with Crippen LogP contribution in [0.5, 0.6) is 0 Å². The third kappa shape index (κ3) is 2.83. The van der Waals surface area contributed by atoms with Crippen LogP contribution in [0.2, 0.25) is 0 Å². The predicted octanol–water partition coefficient (Wildman–Crippen LogP) is 3.72. The van der Waals surface area contributed by atoms with Crippen LogP contribution >= 0.6 is 11.8 Å². The normalized spacial score (nSPS) is 10.5. The molecule has 0 unspecified atom stereocenters. The van der Waals surface area contributed by atoms with Gasteiger partial charge in [-0.05, 0) is 36.1 Å². The van der Waals surface area contributed by atoms with Gasteiger partial charge in [0.25, 0.3) is 5.89 Å². The van der Waals surface area contributed by atoms with Gasteiger partial charge in [0, 0.05) is 16.7 Å². The van der Waals surface area contributed by atoms with Gasteiger partial charge in [-0.1, -0.05) is 12.1 Å². The van der Waals surface area contributed by atoms with Crippen LogP contribution in [0.1, 0.15) is 12.5 Å². The molecule has 0 saturated heterocycles. The molecule has 6 heteroatoms. The number of nitriles is 1. The standard InChI is InChI=1S/C15H12N4OS/c1-2-21-12-5-3-11(4-6-12)14-18-15(20-19-14)13-7-10(8-16)9-17-13/h3-7,9,17H,2H2,1H3. The molecule has 3 rings (SSSR count). The summed E-state index contributed by atoms with van der Waals surface area (Å²) in [7, 11) is 0. The highest BCUT2D eigenvalue weighted by atomic mass is 32.2. The Morgan fingerprint density at radius 1 is 1.33 bits per heavy atom. The fraction of sp³-hybridized carbons (Fsp3) is 0.133. The Balaban J connectivity index is 1.85. The number of rotatable bonds is 4. The molecule has 0 amide bonds. The molecule has 5 nitrogen and oxygen atoms in total. The first-order chi connectivity index (χ1) is 10.3. The van der Waals surface area contributed by atoms with Gasteiger partial charge in [0.1, 0.15) is 11.8 Å². The van der Waals surface area contributed by atoms with E-state index in [1.54, 1.807) is 24.0 Å². The van der Waals surface area contributed by atoms with Gasteiger partial charge in [-0.2, -0.15) is 10.2 Å². The Bertz CT molecular complexity index is 783. The molecule has 0 atom stereocenters. The van der Waals surface area contributed by atoms with Crippen molar-refractivity contribution in [2.75, 3.05) is 5.75 Å². The van der Waals surface area contributed by atoms with E-state index in [2.05, 4.69) is 28.1 Å². The molecule has 0 radical (unpaired) electrons. The number of nitrogens with zero attached hydrogens (tertiary/aromatic N) is 3. The van der Waals surface area contributed by atoms with Crippen molar-refractivity contribution >= 4 is 11.8 Å². The summed E-state index contributed by atoms with van der Waals surface area (Å²) in [5, 5.41) is 12.8. The van der Waals surface area contributed by atoms with Crippen LogP contribution in [0.15, 0.2) is 45.9 Å². The van der Waals surface area contributed by atoms with Crippen molar-refractivity contribution in [3.05, 3.63) is 42.1 Å². The van der Waals surface area contributed by atoms with Gasteiger partial charge in [-0.15, -0.1) is 11.8 Å². The van der Waals surface area contributed by atoms with Crippen molar-refractivity contribution in [3.8, 4) is 29.0 Å². The maximum atomic E-state index is 8.81. The van der Waals surface area contributed by atoms with Crippen molar-refractivity contribution in [2.45, 2.75) is 11.8 Å². The van der Waals surface area contributed by atoms with Crippen LogP contribution in [0.4, 0.5) is 0 Å². The van der Waals surface area contributed by atoms with E-state index < -0.39 is 0 Å². The van der Waals surface area contributed by atoms with Gasteiger partial charge in [-0.25, -0.2) is 0 Å². The van der Waals surface area contributed by atoms with E-state index in [9.17, 15) is 0 Å². The predicted molar refractivity (Wildman–Crippen MR) is 80.6 cm³/mol. The molecule has 3 aromatic rings. The molecule has 0 saturated carbocycles. The molecule has 0 bridgehead atoms. The van der Waals surface area contributed by atoms with Crippen molar-refractivity contribution in [1.82, 2.24) is 15.1 Å². The van der Waals surface area contributed by atoms with Gasteiger partial charge >= 0.3 is 0 Å². The second kappa shape index (κ2) is 5.85.